The Balaban J connectivity index is 2.14. The molecule has 0 aliphatic heterocycles. The molecular weight excluding hydrogens is 272 g/mol. The number of aryl methyl sites for hydroxylation is 3. The van der Waals surface area contributed by atoms with Crippen molar-refractivity contribution in [2.45, 2.75) is 38.0 Å². The lowest BCUT2D eigenvalue weighted by Crippen LogP contribution is -2.02. The van der Waals surface area contributed by atoms with Gasteiger partial charge in [0.2, 0.25) is 0 Å². The molecule has 0 unspecified atom stereocenters. The van der Waals surface area contributed by atoms with Crippen LogP contribution in [-0.2, 0) is 12.3 Å². The van der Waals surface area contributed by atoms with Gasteiger partial charge in [-0.3, -0.25) is 4.68 Å². The molecule has 20 heavy (non-hydrogen) atoms. The summed E-state index contributed by atoms with van der Waals surface area (Å²) in [5, 5.41) is 13.5. The van der Waals surface area contributed by atoms with Crippen LogP contribution in [-0.4, -0.2) is 20.9 Å². The maximum Gasteiger partial charge on any atom is 0.335 e. The van der Waals surface area contributed by atoms with Crippen LogP contribution in [0.25, 0.3) is 0 Å². The molecule has 1 heterocycles. The summed E-state index contributed by atoms with van der Waals surface area (Å²) in [6.45, 7) is 6.70. The second-order valence-corrected chi connectivity index (χ2v) is 5.71. The Morgan fingerprint density at radius 3 is 2.75 bits per heavy atom. The molecule has 0 amide bonds. The number of carboxylic acids is 1. The largest absolute Gasteiger partial charge is 0.478 e. The van der Waals surface area contributed by atoms with Crippen molar-refractivity contribution in [3.05, 3.63) is 46.8 Å². The molecule has 1 N–H and O–H groups in total. The maximum atomic E-state index is 11.1. The molecule has 0 radical (unpaired) electrons. The van der Waals surface area contributed by atoms with Crippen molar-refractivity contribution in [1.82, 2.24) is 9.78 Å². The lowest BCUT2D eigenvalue weighted by molar-refractivity contribution is 0.0696. The third-order valence-corrected chi connectivity index (χ3v) is 4.14. The Labute approximate surface area is 122 Å². The fraction of sp³-hybridized carbons (Fsp3) is 0.333. The van der Waals surface area contributed by atoms with Crippen LogP contribution in [0.1, 0.15) is 34.2 Å². The molecule has 0 aliphatic rings. The third-order valence-electron chi connectivity index (χ3n) is 3.11. The van der Waals surface area contributed by atoms with E-state index in [0.29, 0.717) is 5.56 Å². The summed E-state index contributed by atoms with van der Waals surface area (Å²) >= 11 is 1.63. The first-order chi connectivity index (χ1) is 9.51. The molecule has 106 valence electrons. The molecule has 0 bridgehead atoms. The standard InChI is InChI=1S/C15H18N2O2S/c1-4-17-12(7-11(3)16-17)9-20-13-6-5-10(2)14(8-13)15(18)19/h5-8H,4,9H2,1-3H3,(H,18,19). The Kier molecular flexibility index (Phi) is 4.49. The summed E-state index contributed by atoms with van der Waals surface area (Å²) in [5.74, 6) is -0.0871. The Hall–Kier alpha value is -1.75. The number of aromatic carboxylic acids is 1. The molecule has 0 fully saturated rings. The summed E-state index contributed by atoms with van der Waals surface area (Å²) in [7, 11) is 0. The number of carboxylic acid groups (broad SMARTS) is 1. The molecule has 0 spiro atoms. The van der Waals surface area contributed by atoms with Crippen LogP contribution in [0, 0.1) is 13.8 Å². The number of aromatic nitrogens is 2. The zero-order valence-electron chi connectivity index (χ0n) is 11.9. The van der Waals surface area contributed by atoms with Crippen molar-refractivity contribution in [2.24, 2.45) is 0 Å². The van der Waals surface area contributed by atoms with Gasteiger partial charge in [-0.1, -0.05) is 6.07 Å². The molecule has 0 aliphatic carbocycles. The summed E-state index contributed by atoms with van der Waals surface area (Å²) in [6, 6.07) is 7.63. The first-order valence-electron chi connectivity index (χ1n) is 6.51. The molecule has 0 saturated carbocycles. The minimum Gasteiger partial charge on any atom is -0.478 e. The van der Waals surface area contributed by atoms with Crippen LogP contribution >= 0.6 is 11.8 Å². The van der Waals surface area contributed by atoms with E-state index >= 15 is 0 Å². The van der Waals surface area contributed by atoms with E-state index < -0.39 is 5.97 Å². The SMILES string of the molecule is CCn1nc(C)cc1CSc1ccc(C)c(C(=O)O)c1. The predicted octanol–water partition coefficient (Wildman–Crippen LogP) is 3.51. The van der Waals surface area contributed by atoms with Crippen molar-refractivity contribution in [2.75, 3.05) is 0 Å². The Morgan fingerprint density at radius 1 is 1.35 bits per heavy atom. The van der Waals surface area contributed by atoms with Gasteiger partial charge in [0.25, 0.3) is 0 Å². The monoisotopic (exact) mass is 290 g/mol. The Bertz CT molecular complexity index is 635. The number of hydrogen-bond donors (Lipinski definition) is 1. The van der Waals surface area contributed by atoms with Gasteiger partial charge in [0.05, 0.1) is 11.3 Å². The van der Waals surface area contributed by atoms with E-state index in [1.807, 2.05) is 30.7 Å². The van der Waals surface area contributed by atoms with Gasteiger partial charge in [-0.2, -0.15) is 5.10 Å². The van der Waals surface area contributed by atoms with E-state index in [-0.39, 0.29) is 0 Å². The molecule has 1 aromatic heterocycles. The first kappa shape index (κ1) is 14.7. The van der Waals surface area contributed by atoms with Gasteiger partial charge in [-0.05, 0) is 44.5 Å². The Morgan fingerprint density at radius 2 is 2.10 bits per heavy atom. The van der Waals surface area contributed by atoms with Gasteiger partial charge in [-0.25, -0.2) is 4.79 Å². The summed E-state index contributed by atoms with van der Waals surface area (Å²) in [5.41, 5.74) is 3.33. The molecule has 2 aromatic rings. The second-order valence-electron chi connectivity index (χ2n) is 4.66. The van der Waals surface area contributed by atoms with Crippen LogP contribution < -0.4 is 0 Å². The van der Waals surface area contributed by atoms with Crippen LogP contribution in [0.3, 0.4) is 0 Å². The second kappa shape index (κ2) is 6.13. The molecule has 4 nitrogen and oxygen atoms in total. The fourth-order valence-electron chi connectivity index (χ4n) is 2.07. The first-order valence-corrected chi connectivity index (χ1v) is 7.50. The number of carbonyl (C=O) groups is 1. The normalized spacial score (nSPS) is 10.8. The highest BCUT2D eigenvalue weighted by molar-refractivity contribution is 7.98. The highest BCUT2D eigenvalue weighted by atomic mass is 32.2. The van der Waals surface area contributed by atoms with Gasteiger partial charge in [-0.15, -0.1) is 11.8 Å². The van der Waals surface area contributed by atoms with E-state index in [1.165, 1.54) is 0 Å². The number of nitrogens with zero attached hydrogens (tertiary/aromatic N) is 2. The molecular formula is C15H18N2O2S. The van der Waals surface area contributed by atoms with Crippen LogP contribution in [0.5, 0.6) is 0 Å². The van der Waals surface area contributed by atoms with Gasteiger partial charge >= 0.3 is 5.97 Å². The van der Waals surface area contributed by atoms with Crippen molar-refractivity contribution >= 4 is 17.7 Å². The molecule has 2 rings (SSSR count). The zero-order valence-corrected chi connectivity index (χ0v) is 12.7. The minimum absolute atomic E-state index is 0.371. The van der Waals surface area contributed by atoms with Crippen LogP contribution in [0.4, 0.5) is 0 Å². The maximum absolute atomic E-state index is 11.1. The summed E-state index contributed by atoms with van der Waals surface area (Å²) in [6.07, 6.45) is 0. The predicted molar refractivity (Wildman–Crippen MR) is 80.3 cm³/mol. The van der Waals surface area contributed by atoms with E-state index in [1.54, 1.807) is 17.8 Å². The van der Waals surface area contributed by atoms with E-state index in [9.17, 15) is 4.79 Å². The van der Waals surface area contributed by atoms with Crippen molar-refractivity contribution < 1.29 is 9.90 Å². The van der Waals surface area contributed by atoms with E-state index in [2.05, 4.69) is 18.1 Å². The van der Waals surface area contributed by atoms with Crippen molar-refractivity contribution in [3.8, 4) is 0 Å². The fourth-order valence-corrected chi connectivity index (χ4v) is 2.98. The lowest BCUT2D eigenvalue weighted by atomic mass is 10.1. The van der Waals surface area contributed by atoms with Crippen molar-refractivity contribution in [1.29, 1.82) is 0 Å². The highest BCUT2D eigenvalue weighted by Gasteiger charge is 2.09. The van der Waals surface area contributed by atoms with Gasteiger partial charge in [0, 0.05) is 22.9 Å². The molecule has 0 saturated heterocycles. The highest BCUT2D eigenvalue weighted by Crippen LogP contribution is 2.25. The van der Waals surface area contributed by atoms with Gasteiger partial charge in [0.1, 0.15) is 0 Å². The van der Waals surface area contributed by atoms with E-state index in [0.717, 1.165) is 34.1 Å². The topological polar surface area (TPSA) is 55.1 Å². The number of hydrogen-bond acceptors (Lipinski definition) is 3. The van der Waals surface area contributed by atoms with E-state index in [4.69, 9.17) is 5.11 Å². The smallest absolute Gasteiger partial charge is 0.335 e. The summed E-state index contributed by atoms with van der Waals surface area (Å²) in [4.78, 5) is 12.1. The zero-order chi connectivity index (χ0) is 14.7. The molecule has 0 atom stereocenters. The quantitative estimate of drug-likeness (QED) is 0.856. The number of rotatable bonds is 5. The number of thioether (sulfide) groups is 1. The molecule has 1 aromatic carbocycles. The van der Waals surface area contributed by atoms with Gasteiger partial charge < -0.3 is 5.11 Å². The number of benzene rings is 1. The third kappa shape index (κ3) is 3.22. The van der Waals surface area contributed by atoms with Crippen LogP contribution in [0.2, 0.25) is 0 Å². The van der Waals surface area contributed by atoms with Crippen molar-refractivity contribution in [3.63, 3.8) is 0 Å². The average molecular weight is 290 g/mol. The molecule has 5 heteroatoms. The van der Waals surface area contributed by atoms with Gasteiger partial charge in [0.15, 0.2) is 0 Å². The lowest BCUT2D eigenvalue weighted by Gasteiger charge is -2.07. The summed E-state index contributed by atoms with van der Waals surface area (Å²) < 4.78 is 1.98. The minimum atomic E-state index is -0.876. The van der Waals surface area contributed by atoms with Crippen LogP contribution in [0.15, 0.2) is 29.2 Å². The average Bonchev–Trinajstić information content (AvgIpc) is 2.77.